The van der Waals surface area contributed by atoms with Crippen LogP contribution in [-0.2, 0) is 6.42 Å². The number of benzene rings is 3. The second-order valence-electron chi connectivity index (χ2n) is 6.09. The summed E-state index contributed by atoms with van der Waals surface area (Å²) in [7, 11) is 0. The maximum atomic E-state index is 4.80. The Hall–Kier alpha value is -2.72. The molecule has 3 nitrogen and oxygen atoms in total. The Balaban J connectivity index is 1.66. The highest BCUT2D eigenvalue weighted by atomic mass is 79.9. The van der Waals surface area contributed by atoms with E-state index in [1.54, 1.807) is 0 Å². The molecule has 0 spiro atoms. The number of halogens is 1. The van der Waals surface area contributed by atoms with E-state index in [4.69, 9.17) is 9.97 Å². The van der Waals surface area contributed by atoms with Crippen molar-refractivity contribution in [3.05, 3.63) is 88.9 Å². The minimum Gasteiger partial charge on any atom is -0.369 e. The summed E-state index contributed by atoms with van der Waals surface area (Å²) in [5.74, 6) is 1.61. The van der Waals surface area contributed by atoms with Crippen molar-refractivity contribution in [3.8, 4) is 11.4 Å². The van der Waals surface area contributed by atoms with E-state index in [2.05, 4.69) is 51.6 Å². The molecular weight excluding hydrogens is 386 g/mol. The summed E-state index contributed by atoms with van der Waals surface area (Å²) in [6.45, 7) is 0.822. The monoisotopic (exact) mass is 403 g/mol. The number of nitrogens with one attached hydrogen (secondary N) is 1. The van der Waals surface area contributed by atoms with Gasteiger partial charge in [-0.15, -0.1) is 0 Å². The quantitative estimate of drug-likeness (QED) is 0.463. The van der Waals surface area contributed by atoms with Crippen molar-refractivity contribution in [2.75, 3.05) is 11.9 Å². The molecule has 4 aromatic rings. The van der Waals surface area contributed by atoms with Gasteiger partial charge in [0.15, 0.2) is 5.82 Å². The van der Waals surface area contributed by atoms with Crippen LogP contribution in [0.2, 0.25) is 0 Å². The van der Waals surface area contributed by atoms with Gasteiger partial charge in [0.05, 0.1) is 5.52 Å². The summed E-state index contributed by atoms with van der Waals surface area (Å²) in [6, 6.07) is 26.7. The van der Waals surface area contributed by atoms with Gasteiger partial charge in [-0.3, -0.25) is 0 Å². The molecule has 1 N–H and O–H groups in total. The minimum atomic E-state index is 0.729. The number of rotatable bonds is 5. The summed E-state index contributed by atoms with van der Waals surface area (Å²) in [5, 5.41) is 4.54. The van der Waals surface area contributed by atoms with Crippen molar-refractivity contribution in [3.63, 3.8) is 0 Å². The number of aromatic nitrogens is 2. The molecule has 4 heteroatoms. The van der Waals surface area contributed by atoms with Gasteiger partial charge in [-0.25, -0.2) is 9.97 Å². The fourth-order valence-electron chi connectivity index (χ4n) is 2.94. The third kappa shape index (κ3) is 3.75. The molecular formula is C22H18BrN3. The van der Waals surface area contributed by atoms with Crippen LogP contribution in [0, 0.1) is 0 Å². The van der Waals surface area contributed by atoms with E-state index in [0.717, 1.165) is 45.5 Å². The Morgan fingerprint density at radius 2 is 1.62 bits per heavy atom. The molecule has 0 fully saturated rings. The van der Waals surface area contributed by atoms with E-state index >= 15 is 0 Å². The van der Waals surface area contributed by atoms with E-state index in [1.165, 1.54) is 5.56 Å². The minimum absolute atomic E-state index is 0.729. The molecule has 128 valence electrons. The fourth-order valence-corrected chi connectivity index (χ4v) is 3.34. The molecule has 0 saturated carbocycles. The average Bonchev–Trinajstić information content (AvgIpc) is 2.68. The summed E-state index contributed by atoms with van der Waals surface area (Å²) in [6.07, 6.45) is 0.950. The Morgan fingerprint density at radius 3 is 2.46 bits per heavy atom. The van der Waals surface area contributed by atoms with Crippen LogP contribution in [-0.4, -0.2) is 16.5 Å². The first-order chi connectivity index (χ1) is 12.8. The highest BCUT2D eigenvalue weighted by Crippen LogP contribution is 2.26. The molecule has 0 radical (unpaired) electrons. The zero-order chi connectivity index (χ0) is 17.8. The number of nitrogens with zero attached hydrogens (tertiary/aromatic N) is 2. The molecule has 0 atom stereocenters. The Kier molecular flexibility index (Phi) is 4.93. The van der Waals surface area contributed by atoms with Crippen LogP contribution < -0.4 is 5.32 Å². The van der Waals surface area contributed by atoms with Gasteiger partial charge in [0, 0.05) is 22.0 Å². The van der Waals surface area contributed by atoms with E-state index in [0.29, 0.717) is 0 Å². The van der Waals surface area contributed by atoms with Gasteiger partial charge in [-0.2, -0.15) is 0 Å². The summed E-state index contributed by atoms with van der Waals surface area (Å²) in [4.78, 5) is 9.54. The molecule has 0 saturated heterocycles. The zero-order valence-electron chi connectivity index (χ0n) is 14.2. The number of fused-ring (bicyclic) bond motifs is 1. The highest BCUT2D eigenvalue weighted by Gasteiger charge is 2.09. The van der Waals surface area contributed by atoms with Crippen LogP contribution in [0.15, 0.2) is 83.3 Å². The number of hydrogen-bond donors (Lipinski definition) is 1. The second kappa shape index (κ2) is 7.67. The first-order valence-corrected chi connectivity index (χ1v) is 9.39. The Morgan fingerprint density at radius 1 is 0.808 bits per heavy atom. The first kappa shape index (κ1) is 16.7. The topological polar surface area (TPSA) is 37.8 Å². The van der Waals surface area contributed by atoms with Crippen LogP contribution in [0.3, 0.4) is 0 Å². The SMILES string of the molecule is Brc1cccc(-c2nc(NCCc3ccccc3)c3ccccc3n2)c1. The summed E-state index contributed by atoms with van der Waals surface area (Å²) < 4.78 is 1.02. The lowest BCUT2D eigenvalue weighted by molar-refractivity contribution is 1.01. The van der Waals surface area contributed by atoms with E-state index in [1.807, 2.05) is 48.5 Å². The van der Waals surface area contributed by atoms with Crippen LogP contribution in [0.1, 0.15) is 5.56 Å². The fraction of sp³-hybridized carbons (Fsp3) is 0.0909. The molecule has 0 bridgehead atoms. The van der Waals surface area contributed by atoms with Crippen molar-refractivity contribution >= 4 is 32.7 Å². The van der Waals surface area contributed by atoms with E-state index in [9.17, 15) is 0 Å². The first-order valence-electron chi connectivity index (χ1n) is 8.60. The summed E-state index contributed by atoms with van der Waals surface area (Å²) >= 11 is 3.52. The second-order valence-corrected chi connectivity index (χ2v) is 7.00. The van der Waals surface area contributed by atoms with Gasteiger partial charge in [0.2, 0.25) is 0 Å². The normalized spacial score (nSPS) is 10.8. The number of hydrogen-bond acceptors (Lipinski definition) is 3. The lowest BCUT2D eigenvalue weighted by atomic mass is 10.1. The van der Waals surface area contributed by atoms with Crippen molar-refractivity contribution < 1.29 is 0 Å². The average molecular weight is 404 g/mol. The molecule has 0 amide bonds. The van der Waals surface area contributed by atoms with Crippen molar-refractivity contribution in [2.24, 2.45) is 0 Å². The van der Waals surface area contributed by atoms with Crippen LogP contribution in [0.5, 0.6) is 0 Å². The van der Waals surface area contributed by atoms with Gasteiger partial charge < -0.3 is 5.32 Å². The predicted octanol–water partition coefficient (Wildman–Crippen LogP) is 5.71. The Labute approximate surface area is 161 Å². The Bertz CT molecular complexity index is 1030. The molecule has 4 rings (SSSR count). The maximum Gasteiger partial charge on any atom is 0.162 e. The summed E-state index contributed by atoms with van der Waals surface area (Å²) in [5.41, 5.74) is 3.25. The molecule has 1 heterocycles. The smallest absolute Gasteiger partial charge is 0.162 e. The largest absolute Gasteiger partial charge is 0.369 e. The van der Waals surface area contributed by atoms with E-state index < -0.39 is 0 Å². The van der Waals surface area contributed by atoms with Crippen LogP contribution in [0.4, 0.5) is 5.82 Å². The number of para-hydroxylation sites is 1. The molecule has 0 unspecified atom stereocenters. The third-order valence-corrected chi connectivity index (χ3v) is 4.73. The van der Waals surface area contributed by atoms with E-state index in [-0.39, 0.29) is 0 Å². The molecule has 0 aliphatic rings. The van der Waals surface area contributed by atoms with Gasteiger partial charge in [-0.1, -0.05) is 70.5 Å². The standard InChI is InChI=1S/C22H18BrN3/c23-18-10-6-9-17(15-18)21-25-20-12-5-4-11-19(20)22(26-21)24-14-13-16-7-2-1-3-8-16/h1-12,15H,13-14H2,(H,24,25,26). The van der Waals surface area contributed by atoms with Gasteiger partial charge in [-0.05, 0) is 36.2 Å². The molecule has 0 aliphatic carbocycles. The molecule has 0 aliphatic heterocycles. The zero-order valence-corrected chi connectivity index (χ0v) is 15.8. The third-order valence-electron chi connectivity index (χ3n) is 4.23. The van der Waals surface area contributed by atoms with Gasteiger partial charge in [0.25, 0.3) is 0 Å². The van der Waals surface area contributed by atoms with Gasteiger partial charge >= 0.3 is 0 Å². The lowest BCUT2D eigenvalue weighted by Gasteiger charge is -2.11. The maximum absolute atomic E-state index is 4.80. The highest BCUT2D eigenvalue weighted by molar-refractivity contribution is 9.10. The predicted molar refractivity (Wildman–Crippen MR) is 111 cm³/mol. The van der Waals surface area contributed by atoms with Crippen molar-refractivity contribution in [1.82, 2.24) is 9.97 Å². The lowest BCUT2D eigenvalue weighted by Crippen LogP contribution is -2.08. The van der Waals surface area contributed by atoms with Crippen LogP contribution >= 0.6 is 15.9 Å². The van der Waals surface area contributed by atoms with Crippen molar-refractivity contribution in [1.29, 1.82) is 0 Å². The molecule has 1 aromatic heterocycles. The number of anilines is 1. The van der Waals surface area contributed by atoms with Gasteiger partial charge in [0.1, 0.15) is 5.82 Å². The molecule has 3 aromatic carbocycles. The van der Waals surface area contributed by atoms with Crippen LogP contribution in [0.25, 0.3) is 22.3 Å². The molecule has 26 heavy (non-hydrogen) atoms. The van der Waals surface area contributed by atoms with Crippen molar-refractivity contribution in [2.45, 2.75) is 6.42 Å².